The number of esters is 1. The maximum atomic E-state index is 11.7. The van der Waals surface area contributed by atoms with Gasteiger partial charge >= 0.3 is 11.7 Å². The Hall–Kier alpha value is -3.30. The van der Waals surface area contributed by atoms with Gasteiger partial charge in [0.2, 0.25) is 11.6 Å². The van der Waals surface area contributed by atoms with Gasteiger partial charge in [-0.05, 0) is 24.5 Å². The predicted molar refractivity (Wildman–Crippen MR) is 97.2 cm³/mol. The number of aromatic nitrogens is 3. The van der Waals surface area contributed by atoms with Crippen molar-refractivity contribution in [2.24, 2.45) is 5.92 Å². The van der Waals surface area contributed by atoms with E-state index in [0.29, 0.717) is 32.5 Å². The number of carbonyl (C=O) groups is 1. The number of pyridine rings is 1. The molecule has 0 amide bonds. The summed E-state index contributed by atoms with van der Waals surface area (Å²) in [6, 6.07) is 3.66. The molecular weight excluding hydrogens is 352 g/mol. The van der Waals surface area contributed by atoms with Crippen molar-refractivity contribution in [3.05, 3.63) is 46.5 Å². The van der Waals surface area contributed by atoms with Crippen molar-refractivity contribution in [1.82, 2.24) is 15.0 Å². The highest BCUT2D eigenvalue weighted by Gasteiger charge is 2.32. The molecular formula is C17H20N6O4. The van der Waals surface area contributed by atoms with E-state index in [2.05, 4.69) is 20.3 Å². The molecule has 2 aromatic heterocycles. The standard InChI is InChI=1S/C17H20N6O4/c1-27-17(24)13-4-7-22(8-5-13)16-14(23(25)26)15(20-11-21-16)19-10-12-3-2-6-18-9-12/h2-3,6,9,11,13H,4-5,7-8,10H2,1H3,(H,19,20,21). The van der Waals surface area contributed by atoms with Crippen LogP contribution in [-0.4, -0.2) is 46.0 Å². The Balaban J connectivity index is 1.78. The van der Waals surface area contributed by atoms with Crippen LogP contribution in [0, 0.1) is 16.0 Å². The maximum absolute atomic E-state index is 11.7. The molecule has 27 heavy (non-hydrogen) atoms. The number of methoxy groups -OCH3 is 1. The number of nitrogens with zero attached hydrogens (tertiary/aromatic N) is 5. The summed E-state index contributed by atoms with van der Waals surface area (Å²) < 4.78 is 4.78. The minimum atomic E-state index is -0.479. The van der Waals surface area contributed by atoms with Gasteiger partial charge in [-0.15, -0.1) is 0 Å². The summed E-state index contributed by atoms with van der Waals surface area (Å²) in [6.45, 7) is 1.33. The van der Waals surface area contributed by atoms with Gasteiger partial charge in [-0.25, -0.2) is 9.97 Å². The van der Waals surface area contributed by atoms with Gasteiger partial charge in [-0.1, -0.05) is 6.07 Å². The molecule has 0 saturated carbocycles. The third-order valence-electron chi connectivity index (χ3n) is 4.50. The molecule has 1 N–H and O–H groups in total. The van der Waals surface area contributed by atoms with Crippen LogP contribution in [0.25, 0.3) is 0 Å². The lowest BCUT2D eigenvalue weighted by Crippen LogP contribution is -2.37. The number of nitro groups is 1. The van der Waals surface area contributed by atoms with E-state index in [-0.39, 0.29) is 29.2 Å². The van der Waals surface area contributed by atoms with Crippen molar-refractivity contribution in [3.8, 4) is 0 Å². The number of piperidine rings is 1. The van der Waals surface area contributed by atoms with Gasteiger partial charge in [-0.2, -0.15) is 0 Å². The highest BCUT2D eigenvalue weighted by molar-refractivity contribution is 5.74. The van der Waals surface area contributed by atoms with Crippen LogP contribution >= 0.6 is 0 Å². The van der Waals surface area contributed by atoms with Crippen LogP contribution in [-0.2, 0) is 16.1 Å². The lowest BCUT2D eigenvalue weighted by molar-refractivity contribution is -0.383. The fraction of sp³-hybridized carbons (Fsp3) is 0.412. The summed E-state index contributed by atoms with van der Waals surface area (Å²) in [7, 11) is 1.37. The monoisotopic (exact) mass is 372 g/mol. The SMILES string of the molecule is COC(=O)C1CCN(c2ncnc(NCc3cccnc3)c2[N+](=O)[O-])CC1. The van der Waals surface area contributed by atoms with E-state index in [1.54, 1.807) is 18.5 Å². The normalized spacial score (nSPS) is 14.6. The largest absolute Gasteiger partial charge is 0.469 e. The Labute approximate surface area is 155 Å². The first kappa shape index (κ1) is 18.5. The van der Waals surface area contributed by atoms with Crippen LogP contribution in [0.5, 0.6) is 0 Å². The molecule has 10 heteroatoms. The molecule has 0 spiro atoms. The smallest absolute Gasteiger partial charge is 0.353 e. The molecule has 10 nitrogen and oxygen atoms in total. The molecule has 1 aliphatic rings. The van der Waals surface area contributed by atoms with Crippen molar-refractivity contribution in [1.29, 1.82) is 0 Å². The summed E-state index contributed by atoms with van der Waals surface area (Å²) in [4.78, 5) is 36.9. The molecule has 3 rings (SSSR count). The second-order valence-electron chi connectivity index (χ2n) is 6.15. The number of nitrogens with one attached hydrogen (secondary N) is 1. The van der Waals surface area contributed by atoms with Crippen molar-refractivity contribution in [2.45, 2.75) is 19.4 Å². The van der Waals surface area contributed by atoms with E-state index < -0.39 is 4.92 Å². The summed E-state index contributed by atoms with van der Waals surface area (Å²) in [6.07, 6.45) is 5.77. The lowest BCUT2D eigenvalue weighted by Gasteiger charge is -2.31. The summed E-state index contributed by atoms with van der Waals surface area (Å²) in [5.74, 6) is -0.0167. The molecule has 0 aromatic carbocycles. The fourth-order valence-electron chi connectivity index (χ4n) is 3.08. The van der Waals surface area contributed by atoms with Gasteiger partial charge in [-0.3, -0.25) is 19.9 Å². The molecule has 2 aromatic rings. The van der Waals surface area contributed by atoms with E-state index >= 15 is 0 Å². The van der Waals surface area contributed by atoms with Crippen LogP contribution < -0.4 is 10.2 Å². The Kier molecular flexibility index (Phi) is 5.74. The molecule has 142 valence electrons. The third kappa shape index (κ3) is 4.27. The van der Waals surface area contributed by atoms with Crippen LogP contribution in [0.4, 0.5) is 17.3 Å². The lowest BCUT2D eigenvalue weighted by atomic mass is 9.97. The Morgan fingerprint density at radius 2 is 2.19 bits per heavy atom. The first-order chi connectivity index (χ1) is 13.1. The summed E-state index contributed by atoms with van der Waals surface area (Å²) in [5.41, 5.74) is 0.712. The zero-order valence-electron chi connectivity index (χ0n) is 14.9. The number of ether oxygens (including phenoxy) is 1. The molecule has 0 bridgehead atoms. The van der Waals surface area contributed by atoms with E-state index in [0.717, 1.165) is 5.56 Å². The Bertz CT molecular complexity index is 808. The second kappa shape index (κ2) is 8.39. The van der Waals surface area contributed by atoms with Crippen LogP contribution in [0.3, 0.4) is 0 Å². The van der Waals surface area contributed by atoms with Crippen molar-refractivity contribution < 1.29 is 14.5 Å². The molecule has 3 heterocycles. The average Bonchev–Trinajstić information content (AvgIpc) is 2.72. The first-order valence-corrected chi connectivity index (χ1v) is 8.55. The van der Waals surface area contributed by atoms with E-state index in [1.165, 1.54) is 13.4 Å². The minimum Gasteiger partial charge on any atom is -0.469 e. The Morgan fingerprint density at radius 3 is 2.81 bits per heavy atom. The number of rotatable bonds is 6. The minimum absolute atomic E-state index is 0.156. The van der Waals surface area contributed by atoms with Gasteiger partial charge in [0.25, 0.3) is 0 Å². The highest BCUT2D eigenvalue weighted by Crippen LogP contribution is 2.34. The van der Waals surface area contributed by atoms with Crippen LogP contribution in [0.1, 0.15) is 18.4 Å². The van der Waals surface area contributed by atoms with Crippen LogP contribution in [0.2, 0.25) is 0 Å². The Morgan fingerprint density at radius 1 is 1.41 bits per heavy atom. The average molecular weight is 372 g/mol. The van der Waals surface area contributed by atoms with E-state index in [9.17, 15) is 14.9 Å². The summed E-state index contributed by atoms with van der Waals surface area (Å²) >= 11 is 0. The molecule has 0 radical (unpaired) electrons. The van der Waals surface area contributed by atoms with E-state index in [4.69, 9.17) is 4.74 Å². The molecule has 1 fully saturated rings. The number of anilines is 2. The molecule has 0 atom stereocenters. The molecule has 0 unspecified atom stereocenters. The van der Waals surface area contributed by atoms with Crippen molar-refractivity contribution in [3.63, 3.8) is 0 Å². The maximum Gasteiger partial charge on any atom is 0.353 e. The number of carbonyl (C=O) groups excluding carboxylic acids is 1. The number of hydrogen-bond donors (Lipinski definition) is 1. The van der Waals surface area contributed by atoms with Crippen LogP contribution in [0.15, 0.2) is 30.9 Å². The van der Waals surface area contributed by atoms with Gasteiger partial charge in [0, 0.05) is 32.0 Å². The molecule has 1 aliphatic heterocycles. The highest BCUT2D eigenvalue weighted by atomic mass is 16.6. The van der Waals surface area contributed by atoms with Gasteiger partial charge in [0.05, 0.1) is 18.0 Å². The number of hydrogen-bond acceptors (Lipinski definition) is 9. The molecule has 0 aliphatic carbocycles. The van der Waals surface area contributed by atoms with Crippen molar-refractivity contribution >= 4 is 23.3 Å². The second-order valence-corrected chi connectivity index (χ2v) is 6.15. The molecule has 1 saturated heterocycles. The third-order valence-corrected chi connectivity index (χ3v) is 4.50. The van der Waals surface area contributed by atoms with Gasteiger partial charge in [0.15, 0.2) is 0 Å². The van der Waals surface area contributed by atoms with Crippen molar-refractivity contribution in [2.75, 3.05) is 30.4 Å². The fourth-order valence-corrected chi connectivity index (χ4v) is 3.08. The topological polar surface area (TPSA) is 123 Å². The predicted octanol–water partition coefficient (Wildman–Crippen LogP) is 1.78. The first-order valence-electron chi connectivity index (χ1n) is 8.55. The van der Waals surface area contributed by atoms with Gasteiger partial charge < -0.3 is 15.0 Å². The summed E-state index contributed by atoms with van der Waals surface area (Å²) in [5, 5.41) is 14.7. The van der Waals surface area contributed by atoms with Gasteiger partial charge in [0.1, 0.15) is 6.33 Å². The zero-order valence-corrected chi connectivity index (χ0v) is 14.9. The zero-order chi connectivity index (χ0) is 19.2. The van der Waals surface area contributed by atoms with E-state index in [1.807, 2.05) is 11.0 Å². The quantitative estimate of drug-likeness (QED) is 0.459.